The average Bonchev–Trinajstić information content (AvgIpc) is 3.28. The number of pyridine rings is 1. The van der Waals surface area contributed by atoms with Crippen LogP contribution in [0.1, 0.15) is 61.2 Å². The number of halogens is 3. The van der Waals surface area contributed by atoms with Crippen LogP contribution in [-0.4, -0.2) is 50.6 Å². The van der Waals surface area contributed by atoms with Gasteiger partial charge in [0, 0.05) is 28.9 Å². The highest BCUT2D eigenvalue weighted by Gasteiger charge is 2.39. The van der Waals surface area contributed by atoms with Crippen LogP contribution in [0.25, 0.3) is 11.2 Å². The zero-order chi connectivity index (χ0) is 27.9. The quantitative estimate of drug-likeness (QED) is 0.364. The second kappa shape index (κ2) is 10.5. The summed E-state index contributed by atoms with van der Waals surface area (Å²) in [6.45, 7) is -0.228. The molecule has 3 aromatic rings. The van der Waals surface area contributed by atoms with E-state index in [4.69, 9.17) is 26.1 Å². The summed E-state index contributed by atoms with van der Waals surface area (Å²) in [7, 11) is 0. The maximum absolute atomic E-state index is 13.3. The minimum Gasteiger partial charge on any atom is -0.480 e. The van der Waals surface area contributed by atoms with Crippen LogP contribution in [0.5, 0.6) is 5.75 Å². The van der Waals surface area contributed by atoms with Gasteiger partial charge in [-0.2, -0.15) is 8.78 Å². The predicted molar refractivity (Wildman–Crippen MR) is 142 cm³/mol. The second-order valence-corrected chi connectivity index (χ2v) is 10.3. The Kier molecular flexibility index (Phi) is 7.28. The number of carboxylic acids is 1. The van der Waals surface area contributed by atoms with Gasteiger partial charge in [-0.3, -0.25) is 4.99 Å². The molecule has 0 amide bonds. The number of allylic oxidation sites excluding steroid dienone is 3. The van der Waals surface area contributed by atoms with Gasteiger partial charge in [-0.1, -0.05) is 23.8 Å². The van der Waals surface area contributed by atoms with Gasteiger partial charge in [-0.15, -0.1) is 0 Å². The highest BCUT2D eigenvalue weighted by atomic mass is 35.5. The summed E-state index contributed by atoms with van der Waals surface area (Å²) in [5, 5.41) is 19.9. The van der Waals surface area contributed by atoms with Crippen LogP contribution >= 0.6 is 11.6 Å². The zero-order valence-electron chi connectivity index (χ0n) is 21.1. The molecule has 2 N–H and O–H groups in total. The lowest BCUT2D eigenvalue weighted by molar-refractivity contribution is -0.144. The van der Waals surface area contributed by atoms with Gasteiger partial charge in [0.15, 0.2) is 0 Å². The third-order valence-corrected chi connectivity index (χ3v) is 6.93. The van der Waals surface area contributed by atoms with Crippen LogP contribution in [0.2, 0.25) is 5.02 Å². The molecule has 5 rings (SSSR count). The minimum absolute atomic E-state index is 0.0285. The number of hydrogen-bond donors (Lipinski definition) is 2. The van der Waals surface area contributed by atoms with Gasteiger partial charge in [0.25, 0.3) is 0 Å². The van der Waals surface area contributed by atoms with Crippen molar-refractivity contribution in [3.8, 4) is 5.75 Å². The first-order chi connectivity index (χ1) is 18.5. The van der Waals surface area contributed by atoms with Crippen LogP contribution in [0, 0.1) is 0 Å². The highest BCUT2D eigenvalue weighted by Crippen LogP contribution is 2.49. The van der Waals surface area contributed by atoms with E-state index in [0.717, 1.165) is 11.1 Å². The number of imidazole rings is 1. The number of rotatable bonds is 8. The zero-order valence-corrected chi connectivity index (χ0v) is 21.9. The maximum Gasteiger partial charge on any atom is 0.387 e. The van der Waals surface area contributed by atoms with Crippen molar-refractivity contribution in [3.05, 3.63) is 81.9 Å². The topological polar surface area (TPSA) is 106 Å². The molecule has 0 saturated carbocycles. The fourth-order valence-corrected chi connectivity index (χ4v) is 5.18. The molecule has 0 fully saturated rings. The highest BCUT2D eigenvalue weighted by molar-refractivity contribution is 6.30. The first-order valence-electron chi connectivity index (χ1n) is 12.3. The van der Waals surface area contributed by atoms with Crippen LogP contribution in [0.3, 0.4) is 0 Å². The molecule has 204 valence electrons. The molecule has 3 heterocycles. The van der Waals surface area contributed by atoms with Crippen molar-refractivity contribution in [2.75, 3.05) is 6.61 Å². The Morgan fingerprint density at radius 1 is 1.26 bits per heavy atom. The fraction of sp³-hybridized carbons (Fsp3) is 0.321. The summed E-state index contributed by atoms with van der Waals surface area (Å²) < 4.78 is 38.8. The third kappa shape index (κ3) is 5.59. The Morgan fingerprint density at radius 2 is 2.05 bits per heavy atom. The molecule has 0 unspecified atom stereocenters. The fourth-order valence-electron chi connectivity index (χ4n) is 5.00. The number of aromatic nitrogens is 2. The molecule has 39 heavy (non-hydrogen) atoms. The van der Waals surface area contributed by atoms with Crippen LogP contribution in [0.4, 0.5) is 8.78 Å². The van der Waals surface area contributed by atoms with Gasteiger partial charge in [0.2, 0.25) is 0 Å². The maximum atomic E-state index is 13.3. The Labute approximate surface area is 227 Å². The van der Waals surface area contributed by atoms with Gasteiger partial charge < -0.3 is 24.1 Å². The number of alkyl halides is 2. The number of hydrogen-bond acceptors (Lipinski definition) is 6. The molecule has 0 spiro atoms. The Bertz CT molecular complexity index is 1520. The number of fused-ring (bicyclic) bond motifs is 3. The average molecular weight is 558 g/mol. The van der Waals surface area contributed by atoms with Gasteiger partial charge in [0.1, 0.15) is 29.7 Å². The third-order valence-electron chi connectivity index (χ3n) is 6.69. The normalized spacial score (nSPS) is 19.2. The molecule has 2 aliphatic rings. The lowest BCUT2D eigenvalue weighted by atomic mass is 9.95. The van der Waals surface area contributed by atoms with Gasteiger partial charge in [-0.05, 0) is 68.2 Å². The molecule has 2 aromatic heterocycles. The van der Waals surface area contributed by atoms with Gasteiger partial charge >= 0.3 is 12.6 Å². The summed E-state index contributed by atoms with van der Waals surface area (Å²) in [5.74, 6) is -1.68. The molecular weight excluding hydrogens is 532 g/mol. The Balaban J connectivity index is 1.61. The van der Waals surface area contributed by atoms with Gasteiger partial charge in [0.05, 0.1) is 17.1 Å². The number of ether oxygens (including phenoxy) is 2. The lowest BCUT2D eigenvalue weighted by Crippen LogP contribution is -2.20. The van der Waals surface area contributed by atoms with Crippen molar-refractivity contribution in [2.24, 2.45) is 4.99 Å². The van der Waals surface area contributed by atoms with E-state index < -0.39 is 36.8 Å². The smallest absolute Gasteiger partial charge is 0.387 e. The van der Waals surface area contributed by atoms with Crippen molar-refractivity contribution in [2.45, 2.75) is 50.9 Å². The van der Waals surface area contributed by atoms with E-state index in [1.807, 2.05) is 34.9 Å². The van der Waals surface area contributed by atoms with Crippen LogP contribution in [0.15, 0.2) is 59.4 Å². The SMILES string of the molecule is CC(C)(O)C1=CCC=C(c2ccc3nc4c(n3c2)[C@@H](c2cc(Cl)ccc2OC(F)F)C[C@H]4OCC(=O)O)C=N1. The number of carbonyl (C=O) groups is 1. The second-order valence-electron chi connectivity index (χ2n) is 9.87. The first-order valence-corrected chi connectivity index (χ1v) is 12.7. The minimum atomic E-state index is -3.04. The molecule has 1 aliphatic heterocycles. The summed E-state index contributed by atoms with van der Waals surface area (Å²) in [6, 6.07) is 8.14. The van der Waals surface area contributed by atoms with Crippen molar-refractivity contribution in [1.82, 2.24) is 9.38 Å². The first kappa shape index (κ1) is 27.0. The predicted octanol–water partition coefficient (Wildman–Crippen LogP) is 5.78. The number of nitrogens with zero attached hydrogens (tertiary/aromatic N) is 3. The molecule has 1 aromatic carbocycles. The van der Waals surface area contributed by atoms with E-state index >= 15 is 0 Å². The molecule has 0 saturated heterocycles. The number of aliphatic imine (C=N–C) groups is 1. The molecule has 0 radical (unpaired) electrons. The standard InChI is InChI=1S/C28H26ClF2N3O5/c1-28(2,37)22-5-3-4-15(12-32-22)16-6-9-23-33-25-21(38-14-24(35)36)11-19(26(25)34(23)13-16)18-10-17(29)7-8-20(18)39-27(30)31/h4-10,12-13,19,21,27,37H,3,11,14H2,1-2H3,(H,35,36)/t19-,21-/m1/s1. The largest absolute Gasteiger partial charge is 0.480 e. The molecule has 8 nitrogen and oxygen atoms in total. The summed E-state index contributed by atoms with van der Waals surface area (Å²) in [4.78, 5) is 20.4. The van der Waals surface area contributed by atoms with Gasteiger partial charge in [-0.25, -0.2) is 9.78 Å². The number of benzene rings is 1. The van der Waals surface area contributed by atoms with E-state index in [2.05, 4.69) is 4.99 Å². The van der Waals surface area contributed by atoms with E-state index in [9.17, 15) is 23.8 Å². The van der Waals surface area contributed by atoms with Crippen molar-refractivity contribution < 1.29 is 33.3 Å². The lowest BCUT2D eigenvalue weighted by Gasteiger charge is -2.19. The summed E-state index contributed by atoms with van der Waals surface area (Å²) in [6.07, 6.45) is 7.57. The summed E-state index contributed by atoms with van der Waals surface area (Å²) in [5.41, 5.74) is 3.32. The Hall–Kier alpha value is -3.60. The molecule has 1 aliphatic carbocycles. The van der Waals surface area contributed by atoms with Crippen LogP contribution < -0.4 is 4.74 Å². The number of carboxylic acid groups (broad SMARTS) is 1. The monoisotopic (exact) mass is 557 g/mol. The van der Waals surface area contributed by atoms with E-state index in [0.29, 0.717) is 39.7 Å². The Morgan fingerprint density at radius 3 is 2.77 bits per heavy atom. The van der Waals surface area contributed by atoms with Crippen LogP contribution in [-0.2, 0) is 9.53 Å². The molecular formula is C28H26ClF2N3O5. The molecule has 2 atom stereocenters. The number of aliphatic hydroxyl groups is 1. The van der Waals surface area contributed by atoms with Crippen molar-refractivity contribution in [1.29, 1.82) is 0 Å². The van der Waals surface area contributed by atoms with Crippen molar-refractivity contribution in [3.63, 3.8) is 0 Å². The molecule has 11 heteroatoms. The molecule has 0 bridgehead atoms. The van der Waals surface area contributed by atoms with E-state index in [1.54, 1.807) is 26.1 Å². The summed E-state index contributed by atoms with van der Waals surface area (Å²) >= 11 is 6.26. The van der Waals surface area contributed by atoms with Crippen molar-refractivity contribution >= 4 is 35.0 Å². The number of aliphatic carboxylic acids is 1. The van der Waals surface area contributed by atoms with E-state index in [1.165, 1.54) is 12.1 Å². The van der Waals surface area contributed by atoms with E-state index in [-0.39, 0.29) is 12.2 Å².